The number of ether oxygens (including phenoxy) is 1. The summed E-state index contributed by atoms with van der Waals surface area (Å²) in [5.74, 6) is -4.84. The number of rotatable bonds is 9. The number of piperidine rings is 1. The van der Waals surface area contributed by atoms with Crippen molar-refractivity contribution >= 4 is 25.7 Å². The van der Waals surface area contributed by atoms with E-state index in [0.717, 1.165) is 31.3 Å². The van der Waals surface area contributed by atoms with Gasteiger partial charge in [-0.05, 0) is 45.8 Å². The third-order valence-electron chi connectivity index (χ3n) is 5.89. The molecule has 0 spiro atoms. The lowest BCUT2D eigenvalue weighted by atomic mass is 9.91. The highest BCUT2D eigenvalue weighted by molar-refractivity contribution is 6.32. The first-order valence-corrected chi connectivity index (χ1v) is 13.0. The number of nitrogens with zero attached hydrogens (tertiary/aromatic N) is 2. The molecule has 0 aliphatic carbocycles. The molecule has 222 valence electrons. The number of carbonyl (C=O) groups is 2. The van der Waals surface area contributed by atoms with Gasteiger partial charge in [0.25, 0.3) is 5.92 Å². The van der Waals surface area contributed by atoms with Crippen LogP contribution in [0.3, 0.4) is 0 Å². The minimum atomic E-state index is -4.83. The number of hydrogen-bond donors (Lipinski definition) is 0. The van der Waals surface area contributed by atoms with Crippen molar-refractivity contribution in [1.29, 1.82) is 0 Å². The predicted octanol–water partition coefficient (Wildman–Crippen LogP) is 6.00. The van der Waals surface area contributed by atoms with Crippen LogP contribution < -0.4 is 5.46 Å². The van der Waals surface area contributed by atoms with Gasteiger partial charge in [0.1, 0.15) is 19.3 Å². The van der Waals surface area contributed by atoms with Crippen LogP contribution in [-0.2, 0) is 14.3 Å². The average Bonchev–Trinajstić information content (AvgIpc) is 2.84. The maximum absolute atomic E-state index is 14.8. The molecular formula is C28H37BF6N2O3. The molecule has 1 aromatic rings. The van der Waals surface area contributed by atoms with Crippen molar-refractivity contribution in [2.24, 2.45) is 0 Å². The maximum atomic E-state index is 14.8. The van der Waals surface area contributed by atoms with Crippen LogP contribution in [0.1, 0.15) is 72.4 Å². The van der Waals surface area contributed by atoms with Gasteiger partial charge in [0, 0.05) is 44.2 Å². The molecule has 40 heavy (non-hydrogen) atoms. The number of amides is 1. The summed E-state index contributed by atoms with van der Waals surface area (Å²) < 4.78 is 89.0. The summed E-state index contributed by atoms with van der Waals surface area (Å²) >= 11 is 0. The zero-order valence-corrected chi connectivity index (χ0v) is 23.7. The third kappa shape index (κ3) is 10.7. The normalized spacial score (nSPS) is 17.4. The van der Waals surface area contributed by atoms with Gasteiger partial charge >= 0.3 is 12.1 Å². The molecule has 0 bridgehead atoms. The van der Waals surface area contributed by atoms with Crippen molar-refractivity contribution in [3.63, 3.8) is 0 Å². The van der Waals surface area contributed by atoms with E-state index < -0.39 is 53.9 Å². The van der Waals surface area contributed by atoms with E-state index in [4.69, 9.17) is 12.6 Å². The number of likely N-dealkylation sites (tertiary alicyclic amines) is 1. The second kappa shape index (κ2) is 14.8. The van der Waals surface area contributed by atoms with Crippen LogP contribution >= 0.6 is 0 Å². The summed E-state index contributed by atoms with van der Waals surface area (Å²) in [5.41, 5.74) is -2.85. The monoisotopic (exact) mass is 574 g/mol. The van der Waals surface area contributed by atoms with Crippen molar-refractivity contribution in [3.05, 3.63) is 53.0 Å². The second-order valence-electron chi connectivity index (χ2n) is 10.1. The average molecular weight is 574 g/mol. The van der Waals surface area contributed by atoms with Gasteiger partial charge in [0.05, 0.1) is 5.57 Å². The lowest BCUT2D eigenvalue weighted by Crippen LogP contribution is -2.40. The molecule has 1 aromatic carbocycles. The Morgan fingerprint density at radius 3 is 2.23 bits per heavy atom. The van der Waals surface area contributed by atoms with Crippen LogP contribution in [-0.4, -0.2) is 67.4 Å². The van der Waals surface area contributed by atoms with E-state index in [9.17, 15) is 35.9 Å². The van der Waals surface area contributed by atoms with Crippen LogP contribution in [0, 0.1) is 5.82 Å². The number of esters is 1. The van der Waals surface area contributed by atoms with Crippen molar-refractivity contribution < 1.29 is 40.7 Å². The molecule has 1 aliphatic rings. The minimum Gasteiger partial charge on any atom is -0.458 e. The zero-order chi connectivity index (χ0) is 30.9. The number of carbonyl (C=O) groups excluding carboxylic acids is 2. The molecule has 5 nitrogen and oxygen atoms in total. The summed E-state index contributed by atoms with van der Waals surface area (Å²) in [5, 5.41) is 0. The number of halogens is 6. The Bertz CT molecular complexity index is 1060. The zero-order valence-electron chi connectivity index (χ0n) is 23.7. The number of hydrogen-bond acceptors (Lipinski definition) is 4. The smallest absolute Gasteiger partial charge is 0.416 e. The van der Waals surface area contributed by atoms with E-state index in [2.05, 4.69) is 0 Å². The second-order valence-corrected chi connectivity index (χ2v) is 10.1. The maximum Gasteiger partial charge on any atom is 0.416 e. The first-order chi connectivity index (χ1) is 18.5. The van der Waals surface area contributed by atoms with E-state index in [0.29, 0.717) is 4.90 Å². The minimum absolute atomic E-state index is 0.00815. The standard InChI is InChI=1S/C26H31BF6N2O3.C2H6/c1-5-20(26(31,32)33)17(8-11-34-12-9-25(29,30)10-13-34)15-35(16-36)22(23(37)38-24(2,3)4)19-14-18(27)6-7-21(19)28;1-2/h5-7,14-16,22H,8-13H2,1-4H3;1-2H3/b17-15-,20-5+;. The van der Waals surface area contributed by atoms with Crippen molar-refractivity contribution in [2.75, 3.05) is 19.6 Å². The van der Waals surface area contributed by atoms with Gasteiger partial charge in [0.2, 0.25) is 6.41 Å². The molecule has 0 aromatic heterocycles. The molecule has 1 heterocycles. The summed E-state index contributed by atoms with van der Waals surface area (Å²) in [6, 6.07) is 1.50. The van der Waals surface area contributed by atoms with Gasteiger partial charge in [-0.2, -0.15) is 13.2 Å². The van der Waals surface area contributed by atoms with Crippen molar-refractivity contribution in [2.45, 2.75) is 84.5 Å². The molecule has 0 saturated carbocycles. The van der Waals surface area contributed by atoms with E-state index in [1.807, 2.05) is 13.8 Å². The Morgan fingerprint density at radius 2 is 1.75 bits per heavy atom. The van der Waals surface area contributed by atoms with Gasteiger partial charge in [-0.25, -0.2) is 18.0 Å². The molecule has 1 atom stereocenters. The van der Waals surface area contributed by atoms with Gasteiger partial charge < -0.3 is 14.5 Å². The van der Waals surface area contributed by atoms with Gasteiger partial charge in [-0.3, -0.25) is 4.79 Å². The third-order valence-corrected chi connectivity index (χ3v) is 5.89. The fourth-order valence-electron chi connectivity index (χ4n) is 4.07. The van der Waals surface area contributed by atoms with Gasteiger partial charge in [-0.15, -0.1) is 0 Å². The Labute approximate surface area is 233 Å². The molecule has 2 rings (SSSR count). The molecule has 1 fully saturated rings. The van der Waals surface area contributed by atoms with Crippen LogP contribution in [0.25, 0.3) is 0 Å². The summed E-state index contributed by atoms with van der Waals surface area (Å²) in [6.07, 6.45) is -4.21. The molecule has 1 amide bonds. The number of alkyl halides is 5. The first kappa shape index (κ1) is 35.3. The number of allylic oxidation sites excluding steroid dienone is 2. The molecule has 1 saturated heterocycles. The molecule has 2 radical (unpaired) electrons. The van der Waals surface area contributed by atoms with Crippen molar-refractivity contribution in [3.8, 4) is 0 Å². The van der Waals surface area contributed by atoms with E-state index in [-0.39, 0.29) is 49.1 Å². The lowest BCUT2D eigenvalue weighted by Gasteiger charge is -2.32. The van der Waals surface area contributed by atoms with E-state index in [1.54, 1.807) is 4.90 Å². The van der Waals surface area contributed by atoms with Gasteiger partial charge in [-0.1, -0.05) is 37.5 Å². The summed E-state index contributed by atoms with van der Waals surface area (Å²) in [7, 11) is 5.75. The van der Waals surface area contributed by atoms with Crippen LogP contribution in [0.5, 0.6) is 0 Å². The highest BCUT2D eigenvalue weighted by atomic mass is 19.4. The largest absolute Gasteiger partial charge is 0.458 e. The quantitative estimate of drug-likeness (QED) is 0.119. The Kier molecular flexibility index (Phi) is 13.0. The molecule has 0 N–H and O–H groups in total. The molecule has 1 aliphatic heterocycles. The number of benzene rings is 1. The van der Waals surface area contributed by atoms with E-state index in [1.165, 1.54) is 26.8 Å². The van der Waals surface area contributed by atoms with Crippen LogP contribution in [0.2, 0.25) is 0 Å². The highest BCUT2D eigenvalue weighted by Gasteiger charge is 2.38. The molecule has 1 unspecified atom stereocenters. The predicted molar refractivity (Wildman–Crippen MR) is 143 cm³/mol. The fourth-order valence-corrected chi connectivity index (χ4v) is 4.07. The molecular weight excluding hydrogens is 537 g/mol. The van der Waals surface area contributed by atoms with Gasteiger partial charge in [0.15, 0.2) is 6.04 Å². The SMILES string of the molecule is CC.[B]c1ccc(F)c(C(C(=O)OC(C)(C)C)N(C=O)/C=C(CCN2CCC(F)(F)CC2)\C(=C/C)C(F)(F)F)c1. The lowest BCUT2D eigenvalue weighted by molar-refractivity contribution is -0.162. The van der Waals surface area contributed by atoms with Crippen LogP contribution in [0.4, 0.5) is 26.3 Å². The van der Waals surface area contributed by atoms with Crippen molar-refractivity contribution in [1.82, 2.24) is 9.80 Å². The summed E-state index contributed by atoms with van der Waals surface area (Å²) in [4.78, 5) is 27.5. The first-order valence-electron chi connectivity index (χ1n) is 13.0. The Balaban J connectivity index is 0.00000391. The topological polar surface area (TPSA) is 49.9 Å². The fraction of sp³-hybridized carbons (Fsp3) is 0.571. The Hall–Kier alpha value is -2.76. The van der Waals surface area contributed by atoms with Crippen LogP contribution in [0.15, 0.2) is 41.6 Å². The summed E-state index contributed by atoms with van der Waals surface area (Å²) in [6.45, 7) is 9.74. The highest BCUT2D eigenvalue weighted by Crippen LogP contribution is 2.35. The van der Waals surface area contributed by atoms with E-state index >= 15 is 0 Å². The Morgan fingerprint density at radius 1 is 1.18 bits per heavy atom. The molecule has 12 heteroatoms.